The molecular weight excluding hydrogens is 555 g/mol. The number of aromatic nitrogens is 2. The molecule has 2 aromatic heterocycles. The van der Waals surface area contributed by atoms with E-state index in [1.165, 1.54) is 0 Å². The van der Waals surface area contributed by atoms with Crippen molar-refractivity contribution in [2.45, 2.75) is 57.8 Å². The fraction of sp³-hybridized carbons (Fsp3) is 0.355. The van der Waals surface area contributed by atoms with Crippen LogP contribution in [-0.2, 0) is 13.0 Å². The second-order valence-electron chi connectivity index (χ2n) is 10.4. The molecule has 1 aliphatic heterocycles. The van der Waals surface area contributed by atoms with Crippen LogP contribution in [0.4, 0.5) is 0 Å². The van der Waals surface area contributed by atoms with Crippen molar-refractivity contribution in [3.8, 4) is 0 Å². The first-order valence-corrected chi connectivity index (χ1v) is 15.6. The number of nitrogens with zero attached hydrogens (tertiary/aromatic N) is 3. The van der Waals surface area contributed by atoms with Crippen molar-refractivity contribution in [2.75, 3.05) is 13.1 Å². The minimum Gasteiger partial charge on any atom is -0.390 e. The molecule has 1 fully saturated rings. The van der Waals surface area contributed by atoms with Crippen molar-refractivity contribution in [2.24, 2.45) is 0 Å². The fourth-order valence-electron chi connectivity index (χ4n) is 5.11. The number of rotatable bonds is 11. The molecule has 1 aliphatic rings. The number of nitrogens with one attached hydrogen (secondary N) is 2. The lowest BCUT2D eigenvalue weighted by Gasteiger charge is -2.25. The van der Waals surface area contributed by atoms with Crippen molar-refractivity contribution >= 4 is 34.5 Å². The maximum absolute atomic E-state index is 13.5. The van der Waals surface area contributed by atoms with Crippen LogP contribution in [0.25, 0.3) is 0 Å². The molecule has 3 N–H and O–H groups in total. The maximum atomic E-state index is 13.5. The topological polar surface area (TPSA) is 107 Å². The van der Waals surface area contributed by atoms with Gasteiger partial charge in [-0.05, 0) is 56.9 Å². The molecule has 8 nitrogen and oxygen atoms in total. The van der Waals surface area contributed by atoms with E-state index < -0.39 is 12.1 Å². The molecule has 0 spiro atoms. The number of carbonyl (C=O) groups is 2. The molecule has 3 heterocycles. The molecule has 4 aromatic rings. The van der Waals surface area contributed by atoms with Crippen LogP contribution in [0.5, 0.6) is 0 Å². The monoisotopic (exact) mass is 589 g/mol. The number of amides is 2. The highest BCUT2D eigenvalue weighted by Crippen LogP contribution is 2.34. The van der Waals surface area contributed by atoms with E-state index in [1.807, 2.05) is 59.8 Å². The lowest BCUT2D eigenvalue weighted by atomic mass is 10.00. The Morgan fingerprint density at radius 2 is 1.78 bits per heavy atom. The number of aliphatic hydroxyl groups is 1. The summed E-state index contributed by atoms with van der Waals surface area (Å²) in [5, 5.41) is 23.3. The first-order chi connectivity index (χ1) is 19.9. The molecule has 214 valence electrons. The van der Waals surface area contributed by atoms with Gasteiger partial charge < -0.3 is 20.6 Å². The zero-order valence-electron chi connectivity index (χ0n) is 23.2. The van der Waals surface area contributed by atoms with Gasteiger partial charge in [0, 0.05) is 52.9 Å². The summed E-state index contributed by atoms with van der Waals surface area (Å²) in [6.45, 7) is 5.42. The van der Waals surface area contributed by atoms with Crippen LogP contribution < -0.4 is 10.6 Å². The summed E-state index contributed by atoms with van der Waals surface area (Å²) < 4.78 is 0. The second kappa shape index (κ2) is 13.5. The first-order valence-electron chi connectivity index (χ1n) is 13.8. The van der Waals surface area contributed by atoms with Gasteiger partial charge in [-0.1, -0.05) is 36.4 Å². The van der Waals surface area contributed by atoms with Crippen LogP contribution >= 0.6 is 22.7 Å². The second-order valence-corrected chi connectivity index (χ2v) is 12.2. The number of likely N-dealkylation sites (tertiary alicyclic amines) is 1. The van der Waals surface area contributed by atoms with Gasteiger partial charge in [0.1, 0.15) is 10.0 Å². The van der Waals surface area contributed by atoms with E-state index in [1.54, 1.807) is 46.9 Å². The smallest absolute Gasteiger partial charge is 0.254 e. The minimum absolute atomic E-state index is 0.0372. The highest BCUT2D eigenvalue weighted by molar-refractivity contribution is 7.10. The predicted molar refractivity (Wildman–Crippen MR) is 162 cm³/mol. The normalized spacial score (nSPS) is 16.5. The van der Waals surface area contributed by atoms with Crippen LogP contribution in [0.15, 0.2) is 65.4 Å². The van der Waals surface area contributed by atoms with Crippen LogP contribution in [0.1, 0.15) is 66.6 Å². The van der Waals surface area contributed by atoms with Gasteiger partial charge in [0.2, 0.25) is 0 Å². The zero-order valence-corrected chi connectivity index (χ0v) is 24.9. The fourth-order valence-corrected chi connectivity index (χ4v) is 6.79. The van der Waals surface area contributed by atoms with E-state index in [9.17, 15) is 14.7 Å². The van der Waals surface area contributed by atoms with E-state index >= 15 is 0 Å². The molecule has 3 unspecified atom stereocenters. The molecule has 3 atom stereocenters. The molecule has 5 rings (SSSR count). The molecule has 10 heteroatoms. The van der Waals surface area contributed by atoms with Crippen LogP contribution in [0, 0.1) is 13.8 Å². The summed E-state index contributed by atoms with van der Waals surface area (Å²) in [5.41, 5.74) is 3.80. The summed E-state index contributed by atoms with van der Waals surface area (Å²) in [5.74, 6) is -0.429. The molecule has 41 heavy (non-hydrogen) atoms. The Balaban J connectivity index is 1.27. The predicted octanol–water partition coefficient (Wildman–Crippen LogP) is 4.69. The highest BCUT2D eigenvalue weighted by atomic mass is 32.1. The van der Waals surface area contributed by atoms with Crippen molar-refractivity contribution in [3.05, 3.63) is 103 Å². The van der Waals surface area contributed by atoms with Crippen LogP contribution in [-0.4, -0.2) is 57.0 Å². The van der Waals surface area contributed by atoms with E-state index in [2.05, 4.69) is 20.6 Å². The van der Waals surface area contributed by atoms with Crippen molar-refractivity contribution in [1.29, 1.82) is 0 Å². The number of aryl methyl sites for hydroxylation is 2. The van der Waals surface area contributed by atoms with Gasteiger partial charge >= 0.3 is 0 Å². The van der Waals surface area contributed by atoms with Gasteiger partial charge in [-0.2, -0.15) is 0 Å². The van der Waals surface area contributed by atoms with Gasteiger partial charge in [-0.3, -0.25) is 9.59 Å². The van der Waals surface area contributed by atoms with E-state index in [0.717, 1.165) is 39.8 Å². The number of hydrogen-bond donors (Lipinski definition) is 3. The molecule has 1 saturated heterocycles. The maximum Gasteiger partial charge on any atom is 0.254 e. The Hall–Kier alpha value is -3.44. The van der Waals surface area contributed by atoms with Crippen LogP contribution in [0.2, 0.25) is 0 Å². The lowest BCUT2D eigenvalue weighted by molar-refractivity contribution is 0.0735. The van der Waals surface area contributed by atoms with Gasteiger partial charge in [-0.25, -0.2) is 9.97 Å². The number of benzene rings is 2. The summed E-state index contributed by atoms with van der Waals surface area (Å²) in [4.78, 5) is 37.9. The summed E-state index contributed by atoms with van der Waals surface area (Å²) >= 11 is 3.16. The van der Waals surface area contributed by atoms with E-state index in [0.29, 0.717) is 37.2 Å². The Bertz CT molecular complexity index is 1470. The third-order valence-corrected chi connectivity index (χ3v) is 9.21. The Morgan fingerprint density at radius 3 is 2.51 bits per heavy atom. The minimum atomic E-state index is -0.836. The number of hydrogen-bond acceptors (Lipinski definition) is 8. The number of thiazole rings is 2. The zero-order chi connectivity index (χ0) is 28.8. The number of aliphatic hydroxyl groups excluding tert-OH is 1. The SMILES string of the molecule is Cc1csc(CNCC(O)C(Cc2ccccc2)NC(=O)c2cccc(C(=O)N3CCCC3c3nc(C)cs3)c2)n1. The first kappa shape index (κ1) is 29.1. The molecule has 0 radical (unpaired) electrons. The van der Waals surface area contributed by atoms with Gasteiger partial charge in [0.25, 0.3) is 11.8 Å². The van der Waals surface area contributed by atoms with Crippen LogP contribution in [0.3, 0.4) is 0 Å². The van der Waals surface area contributed by atoms with Gasteiger partial charge in [-0.15, -0.1) is 22.7 Å². The molecule has 2 aromatic carbocycles. The quantitative estimate of drug-likeness (QED) is 0.234. The molecule has 2 amide bonds. The Morgan fingerprint density at radius 1 is 1.02 bits per heavy atom. The largest absolute Gasteiger partial charge is 0.390 e. The molecule has 0 bridgehead atoms. The summed E-state index contributed by atoms with van der Waals surface area (Å²) in [6, 6.07) is 16.0. The molecule has 0 saturated carbocycles. The van der Waals surface area contributed by atoms with Crippen molar-refractivity contribution in [3.63, 3.8) is 0 Å². The lowest BCUT2D eigenvalue weighted by Crippen LogP contribution is -2.48. The summed E-state index contributed by atoms with van der Waals surface area (Å²) in [6.07, 6.45) is 1.43. The third-order valence-electron chi connectivity index (χ3n) is 7.18. The third kappa shape index (κ3) is 7.45. The van der Waals surface area contributed by atoms with Crippen molar-refractivity contribution in [1.82, 2.24) is 25.5 Å². The Labute approximate surface area is 248 Å². The van der Waals surface area contributed by atoms with Gasteiger partial charge in [0.15, 0.2) is 0 Å². The van der Waals surface area contributed by atoms with E-state index in [-0.39, 0.29) is 17.9 Å². The average Bonchev–Trinajstić information content (AvgIpc) is 3.74. The summed E-state index contributed by atoms with van der Waals surface area (Å²) in [7, 11) is 0. The highest BCUT2D eigenvalue weighted by Gasteiger charge is 2.33. The average molecular weight is 590 g/mol. The van der Waals surface area contributed by atoms with Gasteiger partial charge in [0.05, 0.1) is 18.2 Å². The standard InChI is InChI=1S/C31H35N5O3S2/c1-20-18-40-28(33-20)17-32-16-27(37)25(14-22-8-4-3-5-9-22)35-29(38)23-10-6-11-24(15-23)31(39)36-13-7-12-26(36)30-34-21(2)19-41-30/h3-6,8-11,15,18-19,25-27,32,37H,7,12-14,16-17H2,1-2H3,(H,35,38). The van der Waals surface area contributed by atoms with Crippen molar-refractivity contribution < 1.29 is 14.7 Å². The Kier molecular flexibility index (Phi) is 9.56. The van der Waals surface area contributed by atoms with E-state index in [4.69, 9.17) is 0 Å². The number of carbonyl (C=O) groups excluding carboxylic acids is 2. The molecular formula is C31H35N5O3S2. The molecule has 0 aliphatic carbocycles.